The van der Waals surface area contributed by atoms with Gasteiger partial charge in [-0.1, -0.05) is 6.07 Å². The SMILES string of the molecule is CCOC(=O)c1sc2ncn3nc(-c4cccs4)nc3c2c1C. The van der Waals surface area contributed by atoms with Crippen LogP contribution in [0.2, 0.25) is 0 Å². The lowest BCUT2D eigenvalue weighted by Gasteiger charge is -1.99. The third kappa shape index (κ3) is 2.22. The molecule has 4 aromatic rings. The minimum absolute atomic E-state index is 0.316. The molecule has 0 unspecified atom stereocenters. The second kappa shape index (κ2) is 5.39. The number of hydrogen-bond acceptors (Lipinski definition) is 7. The number of thiophene rings is 2. The van der Waals surface area contributed by atoms with E-state index in [1.54, 1.807) is 29.1 Å². The Balaban J connectivity index is 1.95. The predicted molar refractivity (Wildman–Crippen MR) is 90.2 cm³/mol. The van der Waals surface area contributed by atoms with E-state index >= 15 is 0 Å². The average Bonchev–Trinajstić information content (AvgIpc) is 3.24. The van der Waals surface area contributed by atoms with Gasteiger partial charge in [0.05, 0.1) is 16.9 Å². The van der Waals surface area contributed by atoms with Crippen molar-refractivity contribution in [3.63, 3.8) is 0 Å². The van der Waals surface area contributed by atoms with E-state index in [2.05, 4.69) is 15.1 Å². The zero-order valence-electron chi connectivity index (χ0n) is 12.4. The molecular weight excluding hydrogens is 332 g/mol. The first-order valence-corrected chi connectivity index (χ1v) is 8.74. The van der Waals surface area contributed by atoms with Crippen molar-refractivity contribution < 1.29 is 9.53 Å². The topological polar surface area (TPSA) is 69.4 Å². The fourth-order valence-electron chi connectivity index (χ4n) is 2.44. The van der Waals surface area contributed by atoms with Crippen LogP contribution in [0.25, 0.3) is 26.6 Å². The predicted octanol–water partition coefficient (Wildman–Crippen LogP) is 3.55. The van der Waals surface area contributed by atoms with Gasteiger partial charge in [-0.3, -0.25) is 0 Å². The van der Waals surface area contributed by atoms with Gasteiger partial charge < -0.3 is 4.74 Å². The molecule has 0 N–H and O–H groups in total. The minimum Gasteiger partial charge on any atom is -0.462 e. The molecule has 0 saturated heterocycles. The first kappa shape index (κ1) is 14.3. The quantitative estimate of drug-likeness (QED) is 0.532. The standard InChI is InChI=1S/C15H12N4O2S2/c1-3-21-15(20)11-8(2)10-13-17-12(9-5-4-6-22-9)18-19(13)7-16-14(10)23-11/h4-7H,3H2,1-2H3. The molecule has 23 heavy (non-hydrogen) atoms. The average molecular weight is 344 g/mol. The summed E-state index contributed by atoms with van der Waals surface area (Å²) in [6.07, 6.45) is 1.63. The van der Waals surface area contributed by atoms with Gasteiger partial charge in [-0.25, -0.2) is 19.3 Å². The molecule has 4 rings (SSSR count). The van der Waals surface area contributed by atoms with Gasteiger partial charge in [0.2, 0.25) is 0 Å². The molecule has 0 bridgehead atoms. The van der Waals surface area contributed by atoms with Crippen LogP contribution in [0.5, 0.6) is 0 Å². The van der Waals surface area contributed by atoms with Crippen molar-refractivity contribution in [2.24, 2.45) is 0 Å². The van der Waals surface area contributed by atoms with E-state index in [-0.39, 0.29) is 5.97 Å². The maximum Gasteiger partial charge on any atom is 0.348 e. The zero-order valence-corrected chi connectivity index (χ0v) is 14.1. The summed E-state index contributed by atoms with van der Waals surface area (Å²) in [5.41, 5.74) is 1.55. The number of carbonyl (C=O) groups excluding carboxylic acids is 1. The van der Waals surface area contributed by atoms with Gasteiger partial charge in [-0.05, 0) is 30.9 Å². The molecule has 6 nitrogen and oxygen atoms in total. The summed E-state index contributed by atoms with van der Waals surface area (Å²) in [6, 6.07) is 3.95. The van der Waals surface area contributed by atoms with Gasteiger partial charge in [0, 0.05) is 0 Å². The summed E-state index contributed by atoms with van der Waals surface area (Å²) in [5.74, 6) is 0.349. The minimum atomic E-state index is -0.316. The van der Waals surface area contributed by atoms with Gasteiger partial charge in [-0.2, -0.15) is 0 Å². The summed E-state index contributed by atoms with van der Waals surface area (Å²) >= 11 is 2.92. The molecule has 0 fully saturated rings. The van der Waals surface area contributed by atoms with Crippen LogP contribution < -0.4 is 0 Å². The van der Waals surface area contributed by atoms with E-state index in [0.717, 1.165) is 20.7 Å². The Kier molecular flexibility index (Phi) is 3.35. The molecule has 0 atom stereocenters. The second-order valence-electron chi connectivity index (χ2n) is 4.88. The number of nitrogens with zero attached hydrogens (tertiary/aromatic N) is 4. The summed E-state index contributed by atoms with van der Waals surface area (Å²) in [6.45, 7) is 4.04. The number of aryl methyl sites for hydroxylation is 1. The van der Waals surface area contributed by atoms with Gasteiger partial charge in [-0.15, -0.1) is 27.8 Å². The van der Waals surface area contributed by atoms with Crippen LogP contribution >= 0.6 is 22.7 Å². The summed E-state index contributed by atoms with van der Waals surface area (Å²) in [7, 11) is 0. The third-order valence-electron chi connectivity index (χ3n) is 3.47. The maximum atomic E-state index is 12.1. The van der Waals surface area contributed by atoms with E-state index in [0.29, 0.717) is 23.0 Å². The van der Waals surface area contributed by atoms with E-state index in [1.165, 1.54) is 11.3 Å². The van der Waals surface area contributed by atoms with Crippen LogP contribution in [0.15, 0.2) is 23.8 Å². The second-order valence-corrected chi connectivity index (χ2v) is 6.83. The summed E-state index contributed by atoms with van der Waals surface area (Å²) in [4.78, 5) is 23.5. The van der Waals surface area contributed by atoms with Gasteiger partial charge in [0.1, 0.15) is 16.0 Å². The zero-order chi connectivity index (χ0) is 16.0. The molecule has 8 heteroatoms. The smallest absolute Gasteiger partial charge is 0.348 e. The molecule has 0 aliphatic rings. The van der Waals surface area contributed by atoms with Gasteiger partial charge in [0.25, 0.3) is 0 Å². The molecule has 0 aliphatic carbocycles. The fraction of sp³-hybridized carbons (Fsp3) is 0.200. The molecule has 0 aromatic carbocycles. The first-order chi connectivity index (χ1) is 11.2. The molecule has 4 aromatic heterocycles. The molecule has 116 valence electrons. The van der Waals surface area contributed by atoms with Crippen molar-refractivity contribution in [1.82, 2.24) is 19.6 Å². The highest BCUT2D eigenvalue weighted by Crippen LogP contribution is 2.33. The number of fused-ring (bicyclic) bond motifs is 3. The monoisotopic (exact) mass is 344 g/mol. The van der Waals surface area contributed by atoms with Crippen molar-refractivity contribution in [2.45, 2.75) is 13.8 Å². The highest BCUT2D eigenvalue weighted by molar-refractivity contribution is 7.20. The van der Waals surface area contributed by atoms with Crippen molar-refractivity contribution >= 4 is 44.5 Å². The molecule has 0 amide bonds. The molecule has 0 radical (unpaired) electrons. The number of rotatable bonds is 3. The van der Waals surface area contributed by atoms with Crippen LogP contribution in [0.1, 0.15) is 22.2 Å². The van der Waals surface area contributed by atoms with E-state index < -0.39 is 0 Å². The molecule has 0 spiro atoms. The lowest BCUT2D eigenvalue weighted by atomic mass is 10.2. The Morgan fingerprint density at radius 1 is 1.43 bits per heavy atom. The van der Waals surface area contributed by atoms with E-state index in [1.807, 2.05) is 24.4 Å². The number of aromatic nitrogens is 4. The van der Waals surface area contributed by atoms with E-state index in [4.69, 9.17) is 4.74 Å². The normalized spacial score (nSPS) is 11.4. The number of esters is 1. The van der Waals surface area contributed by atoms with Crippen LogP contribution in [0.4, 0.5) is 0 Å². The summed E-state index contributed by atoms with van der Waals surface area (Å²) in [5, 5.41) is 7.33. The highest BCUT2D eigenvalue weighted by atomic mass is 32.1. The number of ether oxygens (including phenoxy) is 1. The van der Waals surface area contributed by atoms with Crippen LogP contribution in [-0.4, -0.2) is 32.2 Å². The van der Waals surface area contributed by atoms with Crippen LogP contribution in [0.3, 0.4) is 0 Å². The molecular formula is C15H12N4O2S2. The van der Waals surface area contributed by atoms with Crippen molar-refractivity contribution in [3.05, 3.63) is 34.3 Å². The lowest BCUT2D eigenvalue weighted by Crippen LogP contribution is -2.03. The highest BCUT2D eigenvalue weighted by Gasteiger charge is 2.21. The van der Waals surface area contributed by atoms with E-state index in [9.17, 15) is 4.79 Å². The number of carbonyl (C=O) groups is 1. The largest absolute Gasteiger partial charge is 0.462 e. The molecule has 0 saturated carbocycles. The maximum absolute atomic E-state index is 12.1. The first-order valence-electron chi connectivity index (χ1n) is 7.04. The molecule has 0 aliphatic heterocycles. The summed E-state index contributed by atoms with van der Waals surface area (Å²) < 4.78 is 6.78. The van der Waals surface area contributed by atoms with Gasteiger partial charge >= 0.3 is 5.97 Å². The Labute approximate surface area is 139 Å². The van der Waals surface area contributed by atoms with Crippen molar-refractivity contribution in [1.29, 1.82) is 0 Å². The lowest BCUT2D eigenvalue weighted by molar-refractivity contribution is 0.0531. The Morgan fingerprint density at radius 3 is 3.04 bits per heavy atom. The van der Waals surface area contributed by atoms with Crippen molar-refractivity contribution in [3.8, 4) is 10.7 Å². The van der Waals surface area contributed by atoms with Crippen molar-refractivity contribution in [2.75, 3.05) is 6.61 Å². The number of hydrogen-bond donors (Lipinski definition) is 0. The van der Waals surface area contributed by atoms with Crippen LogP contribution in [0, 0.1) is 6.92 Å². The Morgan fingerprint density at radius 2 is 2.30 bits per heavy atom. The Bertz CT molecular complexity index is 1020. The molecule has 4 heterocycles. The van der Waals surface area contributed by atoms with Gasteiger partial charge in [0.15, 0.2) is 11.5 Å². The Hall–Kier alpha value is -2.32. The fourth-order valence-corrected chi connectivity index (χ4v) is 4.13. The third-order valence-corrected chi connectivity index (χ3v) is 5.52. The van der Waals surface area contributed by atoms with Crippen LogP contribution in [-0.2, 0) is 4.74 Å².